The Labute approximate surface area is 225 Å². The van der Waals surface area contributed by atoms with Crippen molar-refractivity contribution in [3.8, 4) is 0 Å². The number of methoxy groups -OCH3 is 1. The summed E-state index contributed by atoms with van der Waals surface area (Å²) in [6.45, 7) is 2.80. The minimum absolute atomic E-state index is 0.0101. The van der Waals surface area contributed by atoms with Gasteiger partial charge in [0, 0.05) is 32.3 Å². The number of ether oxygens (including phenoxy) is 1. The molecule has 3 aromatic rings. The summed E-state index contributed by atoms with van der Waals surface area (Å²) in [7, 11) is -1.69. The number of carbonyl (C=O) groups is 1. The fourth-order valence-corrected chi connectivity index (χ4v) is 5.57. The molecular weight excluding hydrogens is 531 g/mol. The monoisotopic (exact) mass is 561 g/mol. The van der Waals surface area contributed by atoms with Crippen molar-refractivity contribution in [2.24, 2.45) is 0 Å². The van der Waals surface area contributed by atoms with E-state index < -0.39 is 21.6 Å². The lowest BCUT2D eigenvalue weighted by molar-refractivity contribution is -0.137. The first-order valence-corrected chi connectivity index (χ1v) is 14.2. The predicted molar refractivity (Wildman–Crippen MR) is 141 cm³/mol. The lowest BCUT2D eigenvalue weighted by Gasteiger charge is -2.25. The zero-order valence-corrected chi connectivity index (χ0v) is 22.4. The highest BCUT2D eigenvalue weighted by molar-refractivity contribution is 7.91. The van der Waals surface area contributed by atoms with E-state index in [4.69, 9.17) is 4.74 Å². The van der Waals surface area contributed by atoms with Gasteiger partial charge in [0.05, 0.1) is 34.4 Å². The number of nitrogens with one attached hydrogen (secondary N) is 1. The van der Waals surface area contributed by atoms with Crippen molar-refractivity contribution in [1.82, 2.24) is 10.3 Å². The Morgan fingerprint density at radius 3 is 2.33 bits per heavy atom. The third-order valence-corrected chi connectivity index (χ3v) is 8.65. The minimum atomic E-state index is -4.38. The second-order valence-electron chi connectivity index (χ2n) is 9.45. The van der Waals surface area contributed by atoms with Crippen molar-refractivity contribution < 1.29 is 31.1 Å². The van der Waals surface area contributed by atoms with Crippen LogP contribution in [0, 0.1) is 0 Å². The number of alkyl halides is 3. The van der Waals surface area contributed by atoms with Gasteiger partial charge >= 0.3 is 6.18 Å². The van der Waals surface area contributed by atoms with Crippen molar-refractivity contribution >= 4 is 21.6 Å². The van der Waals surface area contributed by atoms with Crippen LogP contribution in [-0.4, -0.2) is 51.4 Å². The number of hydrogen-bond acceptors (Lipinski definition) is 6. The van der Waals surface area contributed by atoms with E-state index in [-0.39, 0.29) is 35.1 Å². The minimum Gasteiger partial charge on any atom is -0.383 e. The number of benzene rings is 2. The lowest BCUT2D eigenvalue weighted by Crippen LogP contribution is -2.33. The largest absolute Gasteiger partial charge is 0.416 e. The first kappa shape index (κ1) is 28.6. The molecule has 1 aliphatic heterocycles. The van der Waals surface area contributed by atoms with Crippen molar-refractivity contribution in [1.29, 1.82) is 0 Å². The third-order valence-electron chi connectivity index (χ3n) is 6.90. The molecule has 2 heterocycles. The van der Waals surface area contributed by atoms with Gasteiger partial charge in [-0.2, -0.15) is 13.2 Å². The van der Waals surface area contributed by atoms with Crippen LogP contribution in [0.3, 0.4) is 0 Å². The highest BCUT2D eigenvalue weighted by atomic mass is 32.2. The molecule has 0 saturated carbocycles. The van der Waals surface area contributed by atoms with Crippen molar-refractivity contribution in [3.63, 3.8) is 0 Å². The molecule has 208 valence electrons. The van der Waals surface area contributed by atoms with Gasteiger partial charge in [-0.1, -0.05) is 31.2 Å². The Morgan fingerprint density at radius 2 is 1.77 bits per heavy atom. The molecule has 1 unspecified atom stereocenters. The Morgan fingerprint density at radius 1 is 1.08 bits per heavy atom. The van der Waals surface area contributed by atoms with Crippen molar-refractivity contribution in [3.05, 3.63) is 89.1 Å². The predicted octanol–water partition coefficient (Wildman–Crippen LogP) is 4.83. The second-order valence-corrected chi connectivity index (χ2v) is 11.7. The number of aromatic nitrogens is 1. The summed E-state index contributed by atoms with van der Waals surface area (Å²) in [5, 5.41) is 2.81. The molecule has 4 rings (SSSR count). The molecule has 1 fully saturated rings. The second kappa shape index (κ2) is 11.7. The Bertz CT molecular complexity index is 1380. The normalized spacial score (nSPS) is 17.8. The molecule has 0 radical (unpaired) electrons. The number of hydrogen-bond donors (Lipinski definition) is 1. The van der Waals surface area contributed by atoms with Gasteiger partial charge < -0.3 is 15.0 Å². The van der Waals surface area contributed by atoms with E-state index in [9.17, 15) is 26.4 Å². The standard InChI is InChI=1S/C28H30F3N3O4S/c1-3-39(36,37)25-11-4-19(5-12-25)15-33-27(35)21-8-13-26(32-16-21)34-17-22(14-24(34)18-38-2)20-6-9-23(10-7-20)28(29,30)31/h4-13,16,22,24H,3,14-15,17-18H2,1-2H3,(H,33,35)/t22?,24-/m0/s1. The molecule has 0 aliphatic carbocycles. The number of sulfone groups is 1. The number of amides is 1. The number of anilines is 1. The van der Waals surface area contributed by atoms with E-state index >= 15 is 0 Å². The van der Waals surface area contributed by atoms with E-state index in [1.807, 2.05) is 0 Å². The highest BCUT2D eigenvalue weighted by Crippen LogP contribution is 2.36. The quantitative estimate of drug-likeness (QED) is 0.403. The molecule has 1 N–H and O–H groups in total. The van der Waals surface area contributed by atoms with Crippen LogP contribution in [0.5, 0.6) is 0 Å². The first-order valence-electron chi connectivity index (χ1n) is 12.5. The average Bonchev–Trinajstić information content (AvgIpc) is 3.35. The van der Waals surface area contributed by atoms with Crippen LogP contribution in [0.15, 0.2) is 71.8 Å². The summed E-state index contributed by atoms with van der Waals surface area (Å²) < 4.78 is 68.1. The molecule has 1 amide bonds. The summed E-state index contributed by atoms with van der Waals surface area (Å²) >= 11 is 0. The van der Waals surface area contributed by atoms with Gasteiger partial charge in [0.1, 0.15) is 5.82 Å². The summed E-state index contributed by atoms with van der Waals surface area (Å²) in [6.07, 6.45) is -2.20. The fourth-order valence-electron chi connectivity index (χ4n) is 4.69. The van der Waals surface area contributed by atoms with E-state index in [0.29, 0.717) is 31.0 Å². The lowest BCUT2D eigenvalue weighted by atomic mass is 9.95. The molecular formula is C28H30F3N3O4S. The van der Waals surface area contributed by atoms with Crippen LogP contribution >= 0.6 is 0 Å². The summed E-state index contributed by atoms with van der Waals surface area (Å²) in [5.41, 5.74) is 1.27. The molecule has 11 heteroatoms. The van der Waals surface area contributed by atoms with Gasteiger partial charge in [-0.05, 0) is 53.9 Å². The molecule has 0 bridgehead atoms. The van der Waals surface area contributed by atoms with Gasteiger partial charge in [0.25, 0.3) is 5.91 Å². The maximum atomic E-state index is 13.0. The highest BCUT2D eigenvalue weighted by Gasteiger charge is 2.35. The molecule has 1 aromatic heterocycles. The van der Waals surface area contributed by atoms with Crippen LogP contribution in [0.1, 0.15) is 46.3 Å². The van der Waals surface area contributed by atoms with Gasteiger partial charge in [0.2, 0.25) is 0 Å². The molecule has 1 saturated heterocycles. The SMILES string of the molecule is CCS(=O)(=O)c1ccc(CNC(=O)c2ccc(N3CC(c4ccc(C(F)(F)F)cc4)C[C@H]3COC)nc2)cc1. The van der Waals surface area contributed by atoms with E-state index in [1.54, 1.807) is 38.3 Å². The smallest absolute Gasteiger partial charge is 0.383 e. The van der Waals surface area contributed by atoms with E-state index in [2.05, 4.69) is 15.2 Å². The van der Waals surface area contributed by atoms with Gasteiger partial charge in [-0.15, -0.1) is 0 Å². The summed E-state index contributed by atoms with van der Waals surface area (Å²) in [5.74, 6) is 0.356. The van der Waals surface area contributed by atoms with Gasteiger partial charge in [-0.25, -0.2) is 13.4 Å². The fraction of sp³-hybridized carbons (Fsp3) is 0.357. The molecule has 2 aromatic carbocycles. The molecule has 7 nitrogen and oxygen atoms in total. The van der Waals surface area contributed by atoms with Crippen LogP contribution in [-0.2, 0) is 27.3 Å². The van der Waals surface area contributed by atoms with Crippen LogP contribution in [0.4, 0.5) is 19.0 Å². The zero-order valence-electron chi connectivity index (χ0n) is 21.6. The maximum absolute atomic E-state index is 13.0. The van der Waals surface area contributed by atoms with Crippen molar-refractivity contribution in [2.45, 2.75) is 42.9 Å². The summed E-state index contributed by atoms with van der Waals surface area (Å²) in [6, 6.07) is 15.1. The van der Waals surface area contributed by atoms with Crippen LogP contribution in [0.25, 0.3) is 0 Å². The Balaban J connectivity index is 1.40. The Hall–Kier alpha value is -3.44. The average molecular weight is 562 g/mol. The topological polar surface area (TPSA) is 88.6 Å². The zero-order chi connectivity index (χ0) is 28.2. The van der Waals surface area contributed by atoms with E-state index in [1.165, 1.54) is 30.5 Å². The molecule has 2 atom stereocenters. The van der Waals surface area contributed by atoms with Crippen molar-refractivity contribution in [2.75, 3.05) is 30.9 Å². The molecule has 0 spiro atoms. The van der Waals surface area contributed by atoms with Crippen LogP contribution < -0.4 is 10.2 Å². The summed E-state index contributed by atoms with van der Waals surface area (Å²) in [4.78, 5) is 19.4. The maximum Gasteiger partial charge on any atom is 0.416 e. The van der Waals surface area contributed by atoms with Gasteiger partial charge in [-0.3, -0.25) is 4.79 Å². The van der Waals surface area contributed by atoms with E-state index in [0.717, 1.165) is 23.3 Å². The molecule has 39 heavy (non-hydrogen) atoms. The first-order chi connectivity index (χ1) is 18.5. The number of pyridine rings is 1. The number of nitrogens with zero attached hydrogens (tertiary/aromatic N) is 2. The number of halogens is 3. The molecule has 1 aliphatic rings. The Kier molecular flexibility index (Phi) is 8.60. The van der Waals surface area contributed by atoms with Crippen LogP contribution in [0.2, 0.25) is 0 Å². The third kappa shape index (κ3) is 6.77. The van der Waals surface area contributed by atoms with Gasteiger partial charge in [0.15, 0.2) is 9.84 Å². The number of carbonyl (C=O) groups excluding carboxylic acids is 1. The number of rotatable bonds is 9.